The standard InChI is InChI=1S/C28H22N6O/c1-30-26-6-10-32-18-25(26)28(35)34-11-7-23(8-12-34)33-27-15-22(14-21-5-9-31-17-24(21)27)20-4-2-3-19(13-20)16-29/h2-6,9-10,13-15,17-18,23,33H,7-8,11-12H2. The summed E-state index contributed by atoms with van der Waals surface area (Å²) < 4.78 is 0. The molecule has 0 atom stereocenters. The van der Waals surface area contributed by atoms with Crippen molar-refractivity contribution in [3.8, 4) is 17.2 Å². The average molecular weight is 459 g/mol. The molecule has 170 valence electrons. The number of benzene rings is 2. The van der Waals surface area contributed by atoms with Gasteiger partial charge in [0, 0.05) is 55.0 Å². The van der Waals surface area contributed by atoms with Crippen LogP contribution in [0.25, 0.3) is 26.7 Å². The Hall–Kier alpha value is -4.75. The van der Waals surface area contributed by atoms with Gasteiger partial charge in [-0.2, -0.15) is 5.26 Å². The summed E-state index contributed by atoms with van der Waals surface area (Å²) in [6.07, 6.45) is 8.22. The number of nitriles is 1. The molecule has 3 heterocycles. The summed E-state index contributed by atoms with van der Waals surface area (Å²) in [5.41, 5.74) is 4.32. The van der Waals surface area contributed by atoms with Gasteiger partial charge >= 0.3 is 0 Å². The van der Waals surface area contributed by atoms with Gasteiger partial charge in [0.2, 0.25) is 11.6 Å². The van der Waals surface area contributed by atoms with Crippen LogP contribution in [0.4, 0.5) is 11.4 Å². The largest absolute Gasteiger partial charge is 0.382 e. The molecule has 0 spiro atoms. The maximum absolute atomic E-state index is 13.0. The number of nitrogens with one attached hydrogen (secondary N) is 1. The third-order valence-electron chi connectivity index (χ3n) is 6.37. The van der Waals surface area contributed by atoms with Crippen molar-refractivity contribution in [2.24, 2.45) is 0 Å². The first-order chi connectivity index (χ1) is 17.2. The van der Waals surface area contributed by atoms with E-state index in [9.17, 15) is 10.1 Å². The fourth-order valence-electron chi connectivity index (χ4n) is 4.52. The summed E-state index contributed by atoms with van der Waals surface area (Å²) in [4.78, 5) is 26.6. The first-order valence-corrected chi connectivity index (χ1v) is 11.4. The van der Waals surface area contributed by atoms with Crippen LogP contribution in [-0.4, -0.2) is 39.9 Å². The van der Waals surface area contributed by atoms with Crippen LogP contribution in [0.5, 0.6) is 0 Å². The highest BCUT2D eigenvalue weighted by molar-refractivity contribution is 6.00. The molecule has 5 rings (SSSR count). The van der Waals surface area contributed by atoms with E-state index in [-0.39, 0.29) is 11.9 Å². The van der Waals surface area contributed by atoms with E-state index in [1.165, 1.54) is 12.4 Å². The SMILES string of the molecule is [C-]#[N+]c1ccncc1C(=O)N1CCC(Nc2cc(-c3cccc(C#N)c3)cc3ccncc23)CC1. The van der Waals surface area contributed by atoms with Crippen LogP contribution in [-0.2, 0) is 0 Å². The number of carbonyl (C=O) groups excluding carboxylic acids is 1. The first-order valence-electron chi connectivity index (χ1n) is 11.4. The number of hydrogen-bond acceptors (Lipinski definition) is 5. The highest BCUT2D eigenvalue weighted by Crippen LogP contribution is 2.32. The zero-order valence-electron chi connectivity index (χ0n) is 19.0. The van der Waals surface area contributed by atoms with E-state index in [2.05, 4.69) is 38.3 Å². The molecule has 0 unspecified atom stereocenters. The molecule has 1 amide bonds. The Bertz CT molecular complexity index is 1490. The van der Waals surface area contributed by atoms with Crippen molar-refractivity contribution in [3.05, 3.63) is 95.9 Å². The van der Waals surface area contributed by atoms with Gasteiger partial charge in [-0.25, -0.2) is 4.85 Å². The zero-order chi connectivity index (χ0) is 24.2. The van der Waals surface area contributed by atoms with Gasteiger partial charge in [0.05, 0.1) is 23.8 Å². The second-order valence-corrected chi connectivity index (χ2v) is 8.53. The molecular weight excluding hydrogens is 436 g/mol. The second kappa shape index (κ2) is 9.62. The molecular formula is C28H22N6O. The smallest absolute Gasteiger partial charge is 0.244 e. The Kier molecular flexibility index (Phi) is 6.07. The van der Waals surface area contributed by atoms with Crippen molar-refractivity contribution < 1.29 is 4.79 Å². The number of aromatic nitrogens is 2. The normalized spacial score (nSPS) is 13.7. The fraction of sp³-hybridized carbons (Fsp3) is 0.179. The lowest BCUT2D eigenvalue weighted by molar-refractivity contribution is 0.0719. The van der Waals surface area contributed by atoms with Gasteiger partial charge in [0.25, 0.3) is 0 Å². The average Bonchev–Trinajstić information content (AvgIpc) is 2.93. The van der Waals surface area contributed by atoms with E-state index >= 15 is 0 Å². The highest BCUT2D eigenvalue weighted by Gasteiger charge is 2.25. The predicted molar refractivity (Wildman–Crippen MR) is 135 cm³/mol. The van der Waals surface area contributed by atoms with Crippen LogP contribution in [0, 0.1) is 17.9 Å². The second-order valence-electron chi connectivity index (χ2n) is 8.53. The molecule has 0 saturated carbocycles. The van der Waals surface area contributed by atoms with Crippen LogP contribution < -0.4 is 5.32 Å². The quantitative estimate of drug-likeness (QED) is 0.412. The monoisotopic (exact) mass is 458 g/mol. The van der Waals surface area contributed by atoms with Crippen LogP contribution in [0.2, 0.25) is 0 Å². The fourth-order valence-corrected chi connectivity index (χ4v) is 4.52. The lowest BCUT2D eigenvalue weighted by atomic mass is 9.98. The molecule has 0 radical (unpaired) electrons. The van der Waals surface area contributed by atoms with Gasteiger partial charge in [-0.15, -0.1) is 0 Å². The van der Waals surface area contributed by atoms with E-state index in [0.29, 0.717) is 29.9 Å². The lowest BCUT2D eigenvalue weighted by Crippen LogP contribution is -2.42. The number of likely N-dealkylation sites (tertiary alicyclic amines) is 1. The predicted octanol–water partition coefficient (Wildman–Crippen LogP) is 5.44. The van der Waals surface area contributed by atoms with Crippen molar-refractivity contribution in [2.75, 3.05) is 18.4 Å². The summed E-state index contributed by atoms with van der Waals surface area (Å²) >= 11 is 0. The van der Waals surface area contributed by atoms with Gasteiger partial charge in [-0.05, 0) is 65.8 Å². The summed E-state index contributed by atoms with van der Waals surface area (Å²) in [5.74, 6) is -0.142. The number of nitrogens with zero attached hydrogens (tertiary/aromatic N) is 5. The van der Waals surface area contributed by atoms with Gasteiger partial charge in [-0.3, -0.25) is 14.8 Å². The summed E-state index contributed by atoms with van der Waals surface area (Å²) in [6, 6.07) is 17.8. The van der Waals surface area contributed by atoms with Gasteiger partial charge in [-0.1, -0.05) is 12.1 Å². The lowest BCUT2D eigenvalue weighted by Gasteiger charge is -2.33. The molecule has 1 fully saturated rings. The van der Waals surface area contributed by atoms with Crippen molar-refractivity contribution in [1.82, 2.24) is 14.9 Å². The van der Waals surface area contributed by atoms with Crippen LogP contribution in [0.15, 0.2) is 73.3 Å². The Labute approximate surface area is 203 Å². The molecule has 2 aromatic heterocycles. The number of pyridine rings is 2. The minimum Gasteiger partial charge on any atom is -0.382 e. The van der Waals surface area contributed by atoms with Crippen molar-refractivity contribution >= 4 is 28.1 Å². The number of fused-ring (bicyclic) bond motifs is 1. The Morgan fingerprint density at radius 2 is 1.86 bits per heavy atom. The minimum atomic E-state index is -0.142. The third kappa shape index (κ3) is 4.53. The van der Waals surface area contributed by atoms with Crippen LogP contribution in [0.1, 0.15) is 28.8 Å². The highest BCUT2D eigenvalue weighted by atomic mass is 16.2. The molecule has 2 aromatic carbocycles. The molecule has 4 aromatic rings. The third-order valence-corrected chi connectivity index (χ3v) is 6.37. The molecule has 1 aliphatic heterocycles. The Balaban J connectivity index is 1.36. The maximum Gasteiger partial charge on any atom is 0.244 e. The molecule has 1 N–H and O–H groups in total. The number of piperidine rings is 1. The molecule has 0 aliphatic carbocycles. The maximum atomic E-state index is 13.0. The summed E-state index contributed by atoms with van der Waals surface area (Å²) in [6.45, 7) is 8.51. The summed E-state index contributed by atoms with van der Waals surface area (Å²) in [5, 5.41) is 15.1. The molecule has 35 heavy (non-hydrogen) atoms. The molecule has 7 heteroatoms. The number of anilines is 1. The molecule has 1 saturated heterocycles. The van der Waals surface area contributed by atoms with E-state index < -0.39 is 0 Å². The van der Waals surface area contributed by atoms with E-state index in [1.807, 2.05) is 30.5 Å². The summed E-state index contributed by atoms with van der Waals surface area (Å²) in [7, 11) is 0. The molecule has 7 nitrogen and oxygen atoms in total. The number of amides is 1. The van der Waals surface area contributed by atoms with Gasteiger partial charge in [0.1, 0.15) is 0 Å². The molecule has 1 aliphatic rings. The minimum absolute atomic E-state index is 0.142. The van der Waals surface area contributed by atoms with Gasteiger partial charge < -0.3 is 10.2 Å². The van der Waals surface area contributed by atoms with Crippen LogP contribution >= 0.6 is 0 Å². The van der Waals surface area contributed by atoms with Crippen molar-refractivity contribution in [1.29, 1.82) is 5.26 Å². The number of hydrogen-bond donors (Lipinski definition) is 1. The zero-order valence-corrected chi connectivity index (χ0v) is 19.0. The van der Waals surface area contributed by atoms with E-state index in [4.69, 9.17) is 6.57 Å². The Morgan fingerprint density at radius 3 is 2.66 bits per heavy atom. The van der Waals surface area contributed by atoms with Crippen molar-refractivity contribution in [2.45, 2.75) is 18.9 Å². The number of carbonyl (C=O) groups is 1. The first kappa shape index (κ1) is 22.1. The van der Waals surface area contributed by atoms with Crippen molar-refractivity contribution in [3.63, 3.8) is 0 Å². The topological polar surface area (TPSA) is 86.3 Å². The number of rotatable bonds is 4. The van der Waals surface area contributed by atoms with E-state index in [1.54, 1.807) is 23.2 Å². The van der Waals surface area contributed by atoms with Crippen LogP contribution in [0.3, 0.4) is 0 Å². The van der Waals surface area contributed by atoms with E-state index in [0.717, 1.165) is 40.4 Å². The Morgan fingerprint density at radius 1 is 1.06 bits per heavy atom. The van der Waals surface area contributed by atoms with Gasteiger partial charge in [0.15, 0.2) is 0 Å². The molecule has 0 bridgehead atoms.